The molecule has 0 spiro atoms. The Morgan fingerprint density at radius 1 is 0.935 bits per heavy atom. The van der Waals surface area contributed by atoms with Crippen molar-refractivity contribution in [2.24, 2.45) is 5.73 Å². The summed E-state index contributed by atoms with van der Waals surface area (Å²) in [6.07, 6.45) is 0.276. The van der Waals surface area contributed by atoms with Gasteiger partial charge in [-0.3, -0.25) is 9.59 Å². The Bertz CT molecular complexity index is 991. The van der Waals surface area contributed by atoms with Crippen LogP contribution in [0.5, 0.6) is 11.5 Å². The Labute approximate surface area is 185 Å². The Morgan fingerprint density at radius 2 is 1.68 bits per heavy atom. The number of amides is 2. The van der Waals surface area contributed by atoms with Gasteiger partial charge in [0.15, 0.2) is 0 Å². The quantitative estimate of drug-likeness (QED) is 0.587. The fourth-order valence-electron chi connectivity index (χ4n) is 3.94. The normalized spacial score (nSPS) is 16.4. The molecule has 0 aliphatic carbocycles. The molecule has 2 aromatic rings. The second kappa shape index (κ2) is 9.07. The van der Waals surface area contributed by atoms with Crippen molar-refractivity contribution in [2.45, 2.75) is 30.8 Å². The smallest absolute Gasteiger partial charge is 0.223 e. The topological polar surface area (TPSA) is 110 Å². The van der Waals surface area contributed by atoms with Crippen LogP contribution in [0.15, 0.2) is 41.3 Å². The van der Waals surface area contributed by atoms with Crippen LogP contribution in [0.1, 0.15) is 24.0 Å². The van der Waals surface area contributed by atoms with Gasteiger partial charge in [0.05, 0.1) is 4.90 Å². The summed E-state index contributed by atoms with van der Waals surface area (Å²) in [7, 11) is 0. The van der Waals surface area contributed by atoms with Crippen LogP contribution in [0.2, 0.25) is 0 Å². The molecule has 0 saturated carbocycles. The molecule has 2 amide bonds. The minimum atomic E-state index is -0.446. The van der Waals surface area contributed by atoms with E-state index in [0.29, 0.717) is 18.0 Å². The lowest BCUT2D eigenvalue weighted by Gasteiger charge is -2.36. The van der Waals surface area contributed by atoms with E-state index in [2.05, 4.69) is 27.4 Å². The van der Waals surface area contributed by atoms with Crippen molar-refractivity contribution in [1.82, 2.24) is 9.21 Å². The van der Waals surface area contributed by atoms with Gasteiger partial charge in [0, 0.05) is 63.9 Å². The van der Waals surface area contributed by atoms with Gasteiger partial charge in [0.25, 0.3) is 0 Å². The third kappa shape index (κ3) is 5.05. The van der Waals surface area contributed by atoms with Crippen molar-refractivity contribution >= 4 is 29.4 Å². The molecular weight excluding hydrogens is 416 g/mol. The molecule has 164 valence electrons. The molecule has 9 heteroatoms. The van der Waals surface area contributed by atoms with E-state index >= 15 is 0 Å². The third-order valence-corrected chi connectivity index (χ3v) is 6.69. The second-order valence-corrected chi connectivity index (χ2v) is 8.97. The molecule has 0 atom stereocenters. The number of anilines is 1. The Hall–Kier alpha value is -2.91. The fourth-order valence-corrected chi connectivity index (χ4v) is 4.90. The molecule has 0 bridgehead atoms. The number of hydrogen-bond acceptors (Lipinski definition) is 7. The van der Waals surface area contributed by atoms with Crippen LogP contribution in [-0.4, -0.2) is 57.4 Å². The number of rotatable bonds is 6. The number of piperazine rings is 1. The van der Waals surface area contributed by atoms with E-state index < -0.39 is 5.91 Å². The van der Waals surface area contributed by atoms with Crippen LogP contribution in [0.4, 0.5) is 5.69 Å². The van der Waals surface area contributed by atoms with Crippen LogP contribution >= 0.6 is 11.9 Å². The van der Waals surface area contributed by atoms with Crippen LogP contribution in [0.25, 0.3) is 0 Å². The Kier molecular flexibility index (Phi) is 6.24. The van der Waals surface area contributed by atoms with Crippen LogP contribution in [0.3, 0.4) is 0 Å². The monoisotopic (exact) mass is 442 g/mol. The molecule has 8 nitrogen and oxygen atoms in total. The van der Waals surface area contributed by atoms with E-state index in [9.17, 15) is 19.8 Å². The summed E-state index contributed by atoms with van der Waals surface area (Å²) >= 11 is 1.48. The maximum absolute atomic E-state index is 12.2. The van der Waals surface area contributed by atoms with Crippen molar-refractivity contribution in [3.8, 4) is 11.5 Å². The first-order chi connectivity index (χ1) is 14.9. The van der Waals surface area contributed by atoms with Gasteiger partial charge < -0.3 is 25.7 Å². The van der Waals surface area contributed by atoms with Crippen molar-refractivity contribution in [1.29, 1.82) is 0 Å². The van der Waals surface area contributed by atoms with E-state index in [0.717, 1.165) is 31.9 Å². The number of carbonyl (C=O) groups excluding carboxylic acids is 2. The molecule has 4 rings (SSSR count). The SMILES string of the molecule is NC(=O)CCC(=O)N1CCN(c2ccc3c(c2)CN(Sc2ccc(O)cc2O)C3)CC1. The highest BCUT2D eigenvalue weighted by atomic mass is 32.2. The third-order valence-electron chi connectivity index (χ3n) is 5.64. The van der Waals surface area contributed by atoms with Gasteiger partial charge in [-0.15, -0.1) is 0 Å². The average molecular weight is 443 g/mol. The van der Waals surface area contributed by atoms with Crippen molar-refractivity contribution in [3.63, 3.8) is 0 Å². The molecule has 1 fully saturated rings. The molecular formula is C22H26N4O4S. The van der Waals surface area contributed by atoms with Gasteiger partial charge in [-0.1, -0.05) is 6.07 Å². The largest absolute Gasteiger partial charge is 0.508 e. The zero-order valence-corrected chi connectivity index (χ0v) is 18.0. The molecule has 31 heavy (non-hydrogen) atoms. The van der Waals surface area contributed by atoms with Gasteiger partial charge in [0.1, 0.15) is 11.5 Å². The van der Waals surface area contributed by atoms with Gasteiger partial charge in [-0.25, -0.2) is 4.31 Å². The molecule has 0 aromatic heterocycles. The fraction of sp³-hybridized carbons (Fsp3) is 0.364. The number of phenolic OH excluding ortho intramolecular Hbond substituents is 2. The number of hydrogen-bond donors (Lipinski definition) is 3. The average Bonchev–Trinajstić information content (AvgIpc) is 3.15. The predicted octanol–water partition coefficient (Wildman–Crippen LogP) is 2.03. The first-order valence-electron chi connectivity index (χ1n) is 10.3. The van der Waals surface area contributed by atoms with E-state index in [1.54, 1.807) is 17.0 Å². The number of fused-ring (bicyclic) bond motifs is 1. The number of nitrogens with two attached hydrogens (primary N) is 1. The molecule has 2 aliphatic heterocycles. The lowest BCUT2D eigenvalue weighted by Crippen LogP contribution is -2.48. The minimum Gasteiger partial charge on any atom is -0.508 e. The molecule has 0 radical (unpaired) electrons. The molecule has 2 heterocycles. The highest BCUT2D eigenvalue weighted by Crippen LogP contribution is 2.39. The summed E-state index contributed by atoms with van der Waals surface area (Å²) in [4.78, 5) is 27.9. The molecule has 4 N–H and O–H groups in total. The number of aromatic hydroxyl groups is 2. The van der Waals surface area contributed by atoms with Crippen molar-refractivity contribution in [2.75, 3.05) is 31.1 Å². The first kappa shape index (κ1) is 21.3. The number of nitrogens with zero attached hydrogens (tertiary/aromatic N) is 3. The van der Waals surface area contributed by atoms with E-state index in [1.807, 2.05) is 0 Å². The summed E-state index contributed by atoms with van der Waals surface area (Å²) in [6, 6.07) is 11.1. The number of primary amides is 1. The van der Waals surface area contributed by atoms with Crippen molar-refractivity contribution in [3.05, 3.63) is 47.5 Å². The van der Waals surface area contributed by atoms with Crippen molar-refractivity contribution < 1.29 is 19.8 Å². The van der Waals surface area contributed by atoms with Crippen LogP contribution < -0.4 is 10.6 Å². The summed E-state index contributed by atoms with van der Waals surface area (Å²) in [5.41, 5.74) is 8.79. The zero-order chi connectivity index (χ0) is 22.0. The minimum absolute atomic E-state index is 0.0162. The number of carbonyl (C=O) groups is 2. The van der Waals surface area contributed by atoms with Crippen LogP contribution in [0, 0.1) is 0 Å². The maximum atomic E-state index is 12.2. The lowest BCUT2D eigenvalue weighted by atomic mass is 10.1. The van der Waals surface area contributed by atoms with E-state index in [1.165, 1.54) is 29.1 Å². The number of benzene rings is 2. The standard InChI is InChI=1S/C22H26N4O4S/c23-21(29)5-6-22(30)25-9-7-24(8-10-25)17-2-1-15-13-26(14-16(15)11-17)31-20-4-3-18(27)12-19(20)28/h1-4,11-12,27-28H,5-10,13-14H2,(H2,23,29). The Balaban J connectivity index is 1.34. The lowest BCUT2D eigenvalue weighted by molar-refractivity contribution is -0.133. The summed E-state index contributed by atoms with van der Waals surface area (Å²) in [6.45, 7) is 4.32. The molecule has 0 unspecified atom stereocenters. The molecule has 2 aliphatic rings. The Morgan fingerprint density at radius 3 is 2.39 bits per heavy atom. The number of phenols is 2. The summed E-state index contributed by atoms with van der Waals surface area (Å²) in [5.74, 6) is -0.341. The van der Waals surface area contributed by atoms with Gasteiger partial charge in [-0.2, -0.15) is 0 Å². The van der Waals surface area contributed by atoms with E-state index in [-0.39, 0.29) is 30.2 Å². The first-order valence-corrected chi connectivity index (χ1v) is 11.0. The highest BCUT2D eigenvalue weighted by Gasteiger charge is 2.25. The molecule has 2 aromatic carbocycles. The summed E-state index contributed by atoms with van der Waals surface area (Å²) in [5, 5.41) is 19.5. The van der Waals surface area contributed by atoms with Gasteiger partial charge in [-0.05, 0) is 47.3 Å². The second-order valence-electron chi connectivity index (χ2n) is 7.83. The van der Waals surface area contributed by atoms with Gasteiger partial charge in [0.2, 0.25) is 11.8 Å². The molecule has 1 saturated heterocycles. The van der Waals surface area contributed by atoms with Crippen LogP contribution in [-0.2, 0) is 22.7 Å². The summed E-state index contributed by atoms with van der Waals surface area (Å²) < 4.78 is 2.18. The zero-order valence-electron chi connectivity index (χ0n) is 17.2. The van der Waals surface area contributed by atoms with E-state index in [4.69, 9.17) is 5.73 Å². The maximum Gasteiger partial charge on any atom is 0.223 e. The highest BCUT2D eigenvalue weighted by molar-refractivity contribution is 7.97. The van der Waals surface area contributed by atoms with Gasteiger partial charge >= 0.3 is 0 Å². The predicted molar refractivity (Wildman–Crippen MR) is 119 cm³/mol.